The molecule has 128 valence electrons. The number of carbonyl (C=O) groups is 1. The number of carbonyl (C=O) groups excluding carboxylic acids is 1. The number of anilines is 1. The highest BCUT2D eigenvalue weighted by Crippen LogP contribution is 2.24. The van der Waals surface area contributed by atoms with E-state index in [1.54, 1.807) is 12.1 Å². The van der Waals surface area contributed by atoms with Crippen molar-refractivity contribution in [1.82, 2.24) is 20.3 Å². The average molecular weight is 365 g/mol. The van der Waals surface area contributed by atoms with Gasteiger partial charge >= 0.3 is 0 Å². The number of para-hydroxylation sites is 2. The van der Waals surface area contributed by atoms with Gasteiger partial charge in [0.1, 0.15) is 17.2 Å². The van der Waals surface area contributed by atoms with E-state index in [0.29, 0.717) is 5.69 Å². The van der Waals surface area contributed by atoms with Crippen molar-refractivity contribution in [3.63, 3.8) is 0 Å². The van der Waals surface area contributed by atoms with Crippen LogP contribution in [0.5, 0.6) is 0 Å². The molecule has 0 aliphatic carbocycles. The molecule has 0 bridgehead atoms. The monoisotopic (exact) mass is 365 g/mol. The Bertz CT molecular complexity index is 1030. The minimum Gasteiger partial charge on any atom is -0.327 e. The summed E-state index contributed by atoms with van der Waals surface area (Å²) in [5.74, 6) is -0.976. The fourth-order valence-electron chi connectivity index (χ4n) is 2.56. The summed E-state index contributed by atoms with van der Waals surface area (Å²) in [5, 5.41) is 11.4. The molecule has 1 fully saturated rings. The smallest absolute Gasteiger partial charge is 0.281 e. The maximum atomic E-state index is 14.0. The summed E-state index contributed by atoms with van der Waals surface area (Å²) >= 11 is 5.18. The summed E-state index contributed by atoms with van der Waals surface area (Å²) in [6.07, 6.45) is 3.06. The first-order valence-electron chi connectivity index (χ1n) is 7.73. The van der Waals surface area contributed by atoms with Crippen molar-refractivity contribution in [2.24, 2.45) is 0 Å². The van der Waals surface area contributed by atoms with E-state index in [4.69, 9.17) is 12.2 Å². The van der Waals surface area contributed by atoms with Crippen molar-refractivity contribution in [3.05, 3.63) is 78.0 Å². The summed E-state index contributed by atoms with van der Waals surface area (Å²) in [7, 11) is 0. The lowest BCUT2D eigenvalue weighted by Gasteiger charge is -2.14. The molecule has 2 aromatic carbocycles. The zero-order chi connectivity index (χ0) is 18.1. The second kappa shape index (κ2) is 6.49. The lowest BCUT2D eigenvalue weighted by atomic mass is 10.2. The Morgan fingerprint density at radius 1 is 1.08 bits per heavy atom. The van der Waals surface area contributed by atoms with E-state index < -0.39 is 11.7 Å². The second-order valence-electron chi connectivity index (χ2n) is 5.47. The zero-order valence-electron chi connectivity index (χ0n) is 13.3. The Balaban J connectivity index is 1.63. The Hall–Kier alpha value is -3.39. The van der Waals surface area contributed by atoms with Gasteiger partial charge < -0.3 is 5.32 Å². The molecule has 8 heteroatoms. The summed E-state index contributed by atoms with van der Waals surface area (Å²) < 4.78 is 14.0. The molecule has 0 saturated carbocycles. The van der Waals surface area contributed by atoms with Crippen molar-refractivity contribution in [3.8, 4) is 5.69 Å². The van der Waals surface area contributed by atoms with E-state index in [1.807, 2.05) is 30.3 Å². The van der Waals surface area contributed by atoms with Crippen LogP contribution in [-0.2, 0) is 4.79 Å². The fraction of sp³-hybridized carbons (Fsp3) is 0. The highest BCUT2D eigenvalue weighted by molar-refractivity contribution is 7.80. The van der Waals surface area contributed by atoms with Crippen LogP contribution in [0.4, 0.5) is 10.1 Å². The molecule has 0 atom stereocenters. The van der Waals surface area contributed by atoms with E-state index >= 15 is 0 Å². The van der Waals surface area contributed by atoms with Gasteiger partial charge in [-0.2, -0.15) is 9.90 Å². The minimum atomic E-state index is -0.527. The summed E-state index contributed by atoms with van der Waals surface area (Å²) in [5.41, 5.74) is 1.58. The molecule has 1 N–H and O–H groups in total. The van der Waals surface area contributed by atoms with Gasteiger partial charge in [0, 0.05) is 0 Å². The number of amides is 1. The van der Waals surface area contributed by atoms with Crippen LogP contribution < -0.4 is 10.2 Å². The van der Waals surface area contributed by atoms with Crippen LogP contribution in [0.25, 0.3) is 11.8 Å². The third-order valence-corrected chi connectivity index (χ3v) is 4.05. The van der Waals surface area contributed by atoms with Gasteiger partial charge in [0.2, 0.25) is 0 Å². The highest BCUT2D eigenvalue weighted by Gasteiger charge is 2.33. The number of halogens is 1. The second-order valence-corrected chi connectivity index (χ2v) is 5.86. The lowest BCUT2D eigenvalue weighted by Crippen LogP contribution is -2.31. The molecule has 0 unspecified atom stereocenters. The van der Waals surface area contributed by atoms with E-state index in [-0.39, 0.29) is 16.5 Å². The van der Waals surface area contributed by atoms with Gasteiger partial charge in [0.25, 0.3) is 5.91 Å². The molecule has 1 aliphatic rings. The normalized spacial score (nSPS) is 15.6. The first-order valence-corrected chi connectivity index (χ1v) is 8.14. The first kappa shape index (κ1) is 16.1. The van der Waals surface area contributed by atoms with E-state index in [2.05, 4.69) is 15.5 Å². The summed E-state index contributed by atoms with van der Waals surface area (Å²) in [6, 6.07) is 15.3. The highest BCUT2D eigenvalue weighted by atomic mass is 32.1. The van der Waals surface area contributed by atoms with Gasteiger partial charge in [0.05, 0.1) is 17.6 Å². The number of rotatable bonds is 3. The van der Waals surface area contributed by atoms with Crippen LogP contribution in [0.3, 0.4) is 0 Å². The molecule has 0 radical (unpaired) electrons. The first-order chi connectivity index (χ1) is 12.6. The van der Waals surface area contributed by atoms with Crippen molar-refractivity contribution >= 4 is 35.0 Å². The molecule has 4 rings (SSSR count). The number of aromatic nitrogens is 3. The van der Waals surface area contributed by atoms with Crippen molar-refractivity contribution in [2.75, 3.05) is 4.90 Å². The Kier molecular flexibility index (Phi) is 4.02. The van der Waals surface area contributed by atoms with Gasteiger partial charge in [0.15, 0.2) is 5.11 Å². The number of benzene rings is 2. The van der Waals surface area contributed by atoms with Crippen LogP contribution in [0, 0.1) is 5.82 Å². The van der Waals surface area contributed by atoms with Crippen molar-refractivity contribution in [1.29, 1.82) is 0 Å². The largest absolute Gasteiger partial charge is 0.327 e. The Labute approximate surface area is 153 Å². The Morgan fingerprint density at radius 2 is 1.81 bits per heavy atom. The number of nitrogens with one attached hydrogen (secondary N) is 1. The van der Waals surface area contributed by atoms with E-state index in [0.717, 1.165) is 10.6 Å². The Morgan fingerprint density at radius 3 is 2.58 bits per heavy atom. The summed E-state index contributed by atoms with van der Waals surface area (Å²) in [6.45, 7) is 0. The van der Waals surface area contributed by atoms with E-state index in [1.165, 1.54) is 29.2 Å². The maximum absolute atomic E-state index is 14.0. The average Bonchev–Trinajstić information content (AvgIpc) is 3.22. The molecule has 3 aromatic rings. The SMILES string of the molecule is O=C1/C(=C/c2cnn(-c3ccccc3)n2)NC(=S)N1c1ccccc1F. The predicted molar refractivity (Wildman–Crippen MR) is 99.0 cm³/mol. The molecule has 1 amide bonds. The summed E-state index contributed by atoms with van der Waals surface area (Å²) in [4.78, 5) is 15.2. The molecular formula is C18H12FN5OS. The topological polar surface area (TPSA) is 63.1 Å². The third-order valence-electron chi connectivity index (χ3n) is 3.76. The quantitative estimate of drug-likeness (QED) is 0.571. The van der Waals surface area contributed by atoms with Gasteiger partial charge in [-0.3, -0.25) is 4.79 Å². The molecule has 0 spiro atoms. The van der Waals surface area contributed by atoms with Crippen molar-refractivity contribution in [2.45, 2.75) is 0 Å². The van der Waals surface area contributed by atoms with Gasteiger partial charge in [-0.25, -0.2) is 9.29 Å². The van der Waals surface area contributed by atoms with Gasteiger partial charge in [-0.1, -0.05) is 30.3 Å². The molecule has 1 aromatic heterocycles. The van der Waals surface area contributed by atoms with Crippen LogP contribution in [0.15, 0.2) is 66.5 Å². The molecule has 6 nitrogen and oxygen atoms in total. The number of thiocarbonyl (C=S) groups is 1. The fourth-order valence-corrected chi connectivity index (χ4v) is 2.85. The van der Waals surface area contributed by atoms with Crippen LogP contribution >= 0.6 is 12.2 Å². The third kappa shape index (κ3) is 2.86. The standard InChI is InChI=1S/C18H12FN5OS/c19-14-8-4-5-9-16(14)23-17(25)15(21-18(23)26)10-12-11-20-24(22-12)13-6-2-1-3-7-13/h1-11H,(H,21,26)/b15-10-. The van der Waals surface area contributed by atoms with Crippen molar-refractivity contribution < 1.29 is 9.18 Å². The number of hydrogen-bond donors (Lipinski definition) is 1. The predicted octanol–water partition coefficient (Wildman–Crippen LogP) is 2.67. The van der Waals surface area contributed by atoms with Crippen LogP contribution in [0.2, 0.25) is 0 Å². The maximum Gasteiger partial charge on any atom is 0.281 e. The molecule has 2 heterocycles. The lowest BCUT2D eigenvalue weighted by molar-refractivity contribution is -0.113. The van der Waals surface area contributed by atoms with E-state index in [9.17, 15) is 9.18 Å². The molecule has 1 aliphatic heterocycles. The van der Waals surface area contributed by atoms with Gasteiger partial charge in [-0.15, -0.1) is 5.10 Å². The minimum absolute atomic E-state index is 0.103. The van der Waals surface area contributed by atoms with Crippen LogP contribution in [0.1, 0.15) is 5.69 Å². The number of nitrogens with zero attached hydrogens (tertiary/aromatic N) is 4. The molecule has 1 saturated heterocycles. The zero-order valence-corrected chi connectivity index (χ0v) is 14.2. The van der Waals surface area contributed by atoms with Gasteiger partial charge in [-0.05, 0) is 42.6 Å². The van der Waals surface area contributed by atoms with Crippen LogP contribution in [-0.4, -0.2) is 26.0 Å². The molecular weight excluding hydrogens is 353 g/mol. The molecule has 26 heavy (non-hydrogen) atoms. The number of hydrogen-bond acceptors (Lipinski definition) is 4.